The van der Waals surface area contributed by atoms with Crippen molar-refractivity contribution >= 4 is 5.78 Å². The number of ketones is 1. The van der Waals surface area contributed by atoms with Crippen molar-refractivity contribution in [1.82, 2.24) is 4.90 Å². The first kappa shape index (κ1) is 14.0. The summed E-state index contributed by atoms with van der Waals surface area (Å²) < 4.78 is 5.73. The summed E-state index contributed by atoms with van der Waals surface area (Å²) >= 11 is 0. The first-order valence-electron chi connectivity index (χ1n) is 6.87. The number of nitrogens with two attached hydrogens (primary N) is 1. The first-order valence-corrected chi connectivity index (χ1v) is 6.87. The number of rotatable bonds is 5. The molecule has 1 aliphatic rings. The molecule has 0 radical (unpaired) electrons. The number of nitrogens with zero attached hydrogens (tertiary/aromatic N) is 1. The van der Waals surface area contributed by atoms with E-state index >= 15 is 0 Å². The van der Waals surface area contributed by atoms with Crippen LogP contribution in [0.2, 0.25) is 0 Å². The molecule has 1 aromatic rings. The van der Waals surface area contributed by atoms with Crippen molar-refractivity contribution in [3.05, 3.63) is 29.8 Å². The van der Waals surface area contributed by atoms with Crippen LogP contribution in [0.5, 0.6) is 5.75 Å². The molecule has 104 valence electrons. The van der Waals surface area contributed by atoms with Gasteiger partial charge < -0.3 is 10.5 Å². The van der Waals surface area contributed by atoms with E-state index < -0.39 is 0 Å². The van der Waals surface area contributed by atoms with Crippen LogP contribution in [-0.2, 0) is 0 Å². The highest BCUT2D eigenvalue weighted by molar-refractivity contribution is 5.96. The summed E-state index contributed by atoms with van der Waals surface area (Å²) in [7, 11) is 0. The summed E-state index contributed by atoms with van der Waals surface area (Å²) in [6.07, 6.45) is 2.27. The van der Waals surface area contributed by atoms with E-state index in [-0.39, 0.29) is 5.78 Å². The van der Waals surface area contributed by atoms with Gasteiger partial charge in [0.05, 0.1) is 5.56 Å². The van der Waals surface area contributed by atoms with Gasteiger partial charge in [0, 0.05) is 19.1 Å². The molecule has 19 heavy (non-hydrogen) atoms. The Morgan fingerprint density at radius 3 is 3.00 bits per heavy atom. The number of likely N-dealkylation sites (tertiary alicyclic amines) is 1. The number of hydrogen-bond acceptors (Lipinski definition) is 4. The minimum absolute atomic E-state index is 0.0376. The second-order valence-electron chi connectivity index (χ2n) is 5.10. The lowest BCUT2D eigenvalue weighted by molar-refractivity contribution is 0.101. The van der Waals surface area contributed by atoms with Crippen LogP contribution in [0.1, 0.15) is 30.1 Å². The predicted molar refractivity (Wildman–Crippen MR) is 75.6 cm³/mol. The van der Waals surface area contributed by atoms with Crippen LogP contribution in [0, 0.1) is 0 Å². The molecule has 0 spiro atoms. The third-order valence-corrected chi connectivity index (χ3v) is 3.47. The van der Waals surface area contributed by atoms with E-state index in [0.717, 1.165) is 32.5 Å². The number of piperidine rings is 1. The quantitative estimate of drug-likeness (QED) is 0.820. The molecule has 2 N–H and O–H groups in total. The summed E-state index contributed by atoms with van der Waals surface area (Å²) in [4.78, 5) is 13.8. The molecule has 1 fully saturated rings. The van der Waals surface area contributed by atoms with E-state index in [1.807, 2.05) is 18.2 Å². The molecule has 2 rings (SSSR count). The van der Waals surface area contributed by atoms with Gasteiger partial charge in [-0.3, -0.25) is 9.69 Å². The molecule has 1 atom stereocenters. The van der Waals surface area contributed by atoms with Gasteiger partial charge in [-0.2, -0.15) is 0 Å². The molecule has 0 saturated carbocycles. The highest BCUT2D eigenvalue weighted by Crippen LogP contribution is 2.18. The Morgan fingerprint density at radius 1 is 1.47 bits per heavy atom. The van der Waals surface area contributed by atoms with Crippen molar-refractivity contribution in [3.63, 3.8) is 0 Å². The Morgan fingerprint density at radius 2 is 2.26 bits per heavy atom. The topological polar surface area (TPSA) is 55.6 Å². The number of para-hydroxylation sites is 1. The Hall–Kier alpha value is -1.39. The van der Waals surface area contributed by atoms with Crippen LogP contribution in [0.25, 0.3) is 0 Å². The SMILES string of the molecule is CC(=O)c1ccccc1OCCN1CCC[C@@H](N)C1. The number of carbonyl (C=O) groups excluding carboxylic acids is 1. The van der Waals surface area contributed by atoms with Crippen molar-refractivity contribution < 1.29 is 9.53 Å². The van der Waals surface area contributed by atoms with Crippen LogP contribution >= 0.6 is 0 Å². The van der Waals surface area contributed by atoms with Gasteiger partial charge in [-0.1, -0.05) is 12.1 Å². The smallest absolute Gasteiger partial charge is 0.163 e. The first-order chi connectivity index (χ1) is 9.16. The van der Waals surface area contributed by atoms with Crippen molar-refractivity contribution in [3.8, 4) is 5.75 Å². The number of ether oxygens (including phenoxy) is 1. The zero-order valence-corrected chi connectivity index (χ0v) is 11.5. The molecule has 1 saturated heterocycles. The molecule has 0 unspecified atom stereocenters. The molecular weight excluding hydrogens is 240 g/mol. The maximum Gasteiger partial charge on any atom is 0.163 e. The minimum Gasteiger partial charge on any atom is -0.491 e. The van der Waals surface area contributed by atoms with Gasteiger partial charge >= 0.3 is 0 Å². The molecule has 0 aliphatic carbocycles. The number of benzene rings is 1. The second kappa shape index (κ2) is 6.68. The minimum atomic E-state index is 0.0376. The summed E-state index contributed by atoms with van der Waals surface area (Å²) in [6, 6.07) is 7.68. The average molecular weight is 262 g/mol. The highest BCUT2D eigenvalue weighted by Gasteiger charge is 2.16. The van der Waals surface area contributed by atoms with Crippen LogP contribution < -0.4 is 10.5 Å². The van der Waals surface area contributed by atoms with Gasteiger partial charge in [-0.15, -0.1) is 0 Å². The second-order valence-corrected chi connectivity index (χ2v) is 5.10. The van der Waals surface area contributed by atoms with E-state index in [0.29, 0.717) is 24.0 Å². The molecule has 0 amide bonds. The van der Waals surface area contributed by atoms with E-state index in [1.165, 1.54) is 0 Å². The molecule has 4 heteroatoms. The van der Waals surface area contributed by atoms with Crippen molar-refractivity contribution in [2.24, 2.45) is 5.73 Å². The Bertz CT molecular complexity index is 434. The maximum absolute atomic E-state index is 11.5. The molecule has 4 nitrogen and oxygen atoms in total. The van der Waals surface area contributed by atoms with Gasteiger partial charge in [-0.05, 0) is 38.4 Å². The molecule has 1 aromatic carbocycles. The summed E-state index contributed by atoms with van der Waals surface area (Å²) in [6.45, 7) is 5.05. The zero-order chi connectivity index (χ0) is 13.7. The highest BCUT2D eigenvalue weighted by atomic mass is 16.5. The van der Waals surface area contributed by atoms with Crippen LogP contribution in [0.4, 0.5) is 0 Å². The predicted octanol–water partition coefficient (Wildman–Crippen LogP) is 1.69. The summed E-state index contributed by atoms with van der Waals surface area (Å²) in [5.41, 5.74) is 6.60. The normalized spacial score (nSPS) is 20.2. The number of carbonyl (C=O) groups is 1. The zero-order valence-electron chi connectivity index (χ0n) is 11.5. The van der Waals surface area contributed by atoms with Gasteiger partial charge in [-0.25, -0.2) is 0 Å². The molecule has 0 aromatic heterocycles. The maximum atomic E-state index is 11.5. The standard InChI is InChI=1S/C15H22N2O2/c1-12(18)14-6-2-3-7-15(14)19-10-9-17-8-4-5-13(16)11-17/h2-3,6-7,13H,4-5,8-11,16H2,1H3/t13-/m1/s1. The van der Waals surface area contributed by atoms with Gasteiger partial charge in [0.1, 0.15) is 12.4 Å². The molecule has 1 heterocycles. The summed E-state index contributed by atoms with van der Waals surface area (Å²) in [5, 5.41) is 0. The molecular formula is C15H22N2O2. The van der Waals surface area contributed by atoms with Crippen molar-refractivity contribution in [2.75, 3.05) is 26.2 Å². The lowest BCUT2D eigenvalue weighted by Crippen LogP contribution is -2.44. The largest absolute Gasteiger partial charge is 0.491 e. The van der Waals surface area contributed by atoms with E-state index in [9.17, 15) is 4.79 Å². The monoisotopic (exact) mass is 262 g/mol. The Balaban J connectivity index is 1.84. The Kier molecular flexibility index (Phi) is 4.93. The fourth-order valence-electron chi connectivity index (χ4n) is 2.46. The van der Waals surface area contributed by atoms with Gasteiger partial charge in [0.25, 0.3) is 0 Å². The van der Waals surface area contributed by atoms with Gasteiger partial charge in [0.2, 0.25) is 0 Å². The lowest BCUT2D eigenvalue weighted by Gasteiger charge is -2.30. The van der Waals surface area contributed by atoms with E-state index in [4.69, 9.17) is 10.5 Å². The van der Waals surface area contributed by atoms with Gasteiger partial charge in [0.15, 0.2) is 5.78 Å². The Labute approximate surface area is 114 Å². The van der Waals surface area contributed by atoms with E-state index in [2.05, 4.69) is 4.90 Å². The van der Waals surface area contributed by atoms with Crippen molar-refractivity contribution in [1.29, 1.82) is 0 Å². The van der Waals surface area contributed by atoms with Crippen molar-refractivity contribution in [2.45, 2.75) is 25.8 Å². The number of hydrogen-bond donors (Lipinski definition) is 1. The lowest BCUT2D eigenvalue weighted by atomic mass is 10.1. The van der Waals surface area contributed by atoms with Crippen LogP contribution in [-0.4, -0.2) is 43.0 Å². The summed E-state index contributed by atoms with van der Waals surface area (Å²) in [5.74, 6) is 0.715. The molecule has 0 bridgehead atoms. The molecule has 1 aliphatic heterocycles. The fourth-order valence-corrected chi connectivity index (χ4v) is 2.46. The van der Waals surface area contributed by atoms with E-state index in [1.54, 1.807) is 13.0 Å². The third kappa shape index (κ3) is 4.04. The average Bonchev–Trinajstić information content (AvgIpc) is 2.39. The fraction of sp³-hybridized carbons (Fsp3) is 0.533. The van der Waals surface area contributed by atoms with Crippen LogP contribution in [0.3, 0.4) is 0 Å². The van der Waals surface area contributed by atoms with Crippen LogP contribution in [0.15, 0.2) is 24.3 Å². The third-order valence-electron chi connectivity index (χ3n) is 3.47. The number of Topliss-reactive ketones (excluding diaryl/α,β-unsaturated/α-hetero) is 1.